The smallest absolute Gasteiger partial charge is 0.237 e. The zero-order valence-corrected chi connectivity index (χ0v) is 30.5. The maximum absolute atomic E-state index is 11.9. The van der Waals surface area contributed by atoms with Crippen molar-refractivity contribution in [3.63, 3.8) is 0 Å². The number of methoxy groups -OCH3 is 2. The molecule has 2 aliphatic heterocycles. The summed E-state index contributed by atoms with van der Waals surface area (Å²) in [6.07, 6.45) is 4.94. The predicted molar refractivity (Wildman–Crippen MR) is 197 cm³/mol. The summed E-state index contributed by atoms with van der Waals surface area (Å²) in [5, 5.41) is 7.32. The molecule has 2 aromatic heterocycles. The fourth-order valence-corrected chi connectivity index (χ4v) is 8.12. The Labute approximate surface area is 307 Å². The molecule has 2 N–H and O–H groups in total. The zero-order chi connectivity index (χ0) is 35.6. The van der Waals surface area contributed by atoms with Crippen molar-refractivity contribution in [3.05, 3.63) is 75.5 Å². The minimum absolute atomic E-state index is 0.0859. The molecular weight excluding hydrogens is 689 g/mol. The van der Waals surface area contributed by atoms with E-state index in [-0.39, 0.29) is 23.9 Å². The fourth-order valence-electron chi connectivity index (χ4n) is 7.47. The Bertz CT molecular complexity index is 1970. The van der Waals surface area contributed by atoms with E-state index in [0.29, 0.717) is 58.3 Å². The highest BCUT2D eigenvalue weighted by atomic mass is 35.5. The number of benzene rings is 2. The minimum Gasteiger partial charge on any atom is -0.481 e. The summed E-state index contributed by atoms with van der Waals surface area (Å²) >= 11 is 14.3. The molecule has 2 saturated heterocycles. The van der Waals surface area contributed by atoms with Gasteiger partial charge in [0.2, 0.25) is 23.6 Å². The summed E-state index contributed by atoms with van der Waals surface area (Å²) in [4.78, 5) is 42.2. The van der Waals surface area contributed by atoms with Crippen LogP contribution in [0.3, 0.4) is 0 Å². The van der Waals surface area contributed by atoms with E-state index >= 15 is 0 Å². The summed E-state index contributed by atoms with van der Waals surface area (Å²) < 4.78 is 11.5. The number of hydrogen-bond donors (Lipinski definition) is 2. The van der Waals surface area contributed by atoms with Crippen molar-refractivity contribution in [1.82, 2.24) is 35.4 Å². The van der Waals surface area contributed by atoms with Gasteiger partial charge in [-0.3, -0.25) is 19.5 Å². The molecule has 2 amide bonds. The third kappa shape index (κ3) is 7.13. The van der Waals surface area contributed by atoms with Crippen LogP contribution in [0.4, 0.5) is 0 Å². The molecule has 13 heteroatoms. The molecule has 0 radical (unpaired) electrons. The Morgan fingerprint density at radius 1 is 0.902 bits per heavy atom. The lowest BCUT2D eigenvalue weighted by Crippen LogP contribution is -2.48. The van der Waals surface area contributed by atoms with Crippen LogP contribution in [-0.2, 0) is 22.6 Å². The number of halogens is 2. The first-order chi connectivity index (χ1) is 24.7. The lowest BCUT2D eigenvalue weighted by atomic mass is 9.97. The first-order valence-electron chi connectivity index (χ1n) is 17.3. The summed E-state index contributed by atoms with van der Waals surface area (Å²) in [5.41, 5.74) is 7.30. The van der Waals surface area contributed by atoms with Crippen LogP contribution in [-0.4, -0.2) is 89.6 Å². The number of nitrogens with one attached hydrogen (secondary N) is 2. The van der Waals surface area contributed by atoms with Gasteiger partial charge in [-0.25, -0.2) is 9.97 Å². The van der Waals surface area contributed by atoms with Crippen molar-refractivity contribution in [2.75, 3.05) is 46.9 Å². The number of amides is 2. The molecule has 2 atom stereocenters. The third-order valence-corrected chi connectivity index (χ3v) is 11.0. The highest BCUT2D eigenvalue weighted by molar-refractivity contribution is 6.39. The maximum Gasteiger partial charge on any atom is 0.237 e. The van der Waals surface area contributed by atoms with E-state index in [1.807, 2.05) is 41.3 Å². The predicted octanol–water partition coefficient (Wildman–Crippen LogP) is 5.72. The number of piperazine rings is 1. The minimum atomic E-state index is 0.0859. The number of pyridine rings is 1. The van der Waals surface area contributed by atoms with Gasteiger partial charge in [0.1, 0.15) is 5.69 Å². The average Bonchev–Trinajstić information content (AvgIpc) is 3.77. The van der Waals surface area contributed by atoms with Crippen LogP contribution < -0.4 is 20.1 Å². The molecule has 0 spiro atoms. The highest BCUT2D eigenvalue weighted by Crippen LogP contribution is 2.46. The van der Waals surface area contributed by atoms with Gasteiger partial charge in [0.05, 0.1) is 41.8 Å². The monoisotopic (exact) mass is 729 g/mol. The van der Waals surface area contributed by atoms with E-state index < -0.39 is 0 Å². The van der Waals surface area contributed by atoms with E-state index in [4.69, 9.17) is 42.6 Å². The Kier molecular flexibility index (Phi) is 10.4. The first-order valence-corrected chi connectivity index (χ1v) is 18.1. The van der Waals surface area contributed by atoms with Gasteiger partial charge >= 0.3 is 0 Å². The molecule has 51 heavy (non-hydrogen) atoms. The van der Waals surface area contributed by atoms with Crippen LogP contribution in [0.15, 0.2) is 48.7 Å². The van der Waals surface area contributed by atoms with Crippen molar-refractivity contribution in [3.8, 4) is 45.4 Å². The number of fused-ring (bicyclic) bond motifs is 1. The number of carbonyl (C=O) groups is 2. The van der Waals surface area contributed by atoms with Crippen LogP contribution >= 0.6 is 23.2 Å². The van der Waals surface area contributed by atoms with E-state index in [1.165, 1.54) is 5.56 Å². The molecule has 1 aliphatic carbocycles. The SMILES string of the molecule is COc1nc(-c2cccc(-c3cccc(-c4cc5c(c(OC)n4)C(N4CCN(C(C)=O)CC4)CC5)c3Cl)c2Cl)cnc1CNCC1CCC(=O)N1. The largest absolute Gasteiger partial charge is 0.481 e. The number of hydrogen-bond acceptors (Lipinski definition) is 9. The van der Waals surface area contributed by atoms with Crippen LogP contribution in [0.1, 0.15) is 49.0 Å². The summed E-state index contributed by atoms with van der Waals surface area (Å²) in [5.74, 6) is 1.21. The molecule has 0 saturated carbocycles. The molecule has 7 rings (SSSR count). The Balaban J connectivity index is 1.14. The number of aromatic nitrogens is 3. The summed E-state index contributed by atoms with van der Waals surface area (Å²) in [7, 11) is 3.23. The van der Waals surface area contributed by atoms with Crippen molar-refractivity contribution in [2.24, 2.45) is 0 Å². The quantitative estimate of drug-likeness (QED) is 0.211. The molecular formula is C38H41Cl2N7O4. The number of carbonyl (C=O) groups excluding carboxylic acids is 2. The topological polar surface area (TPSA) is 122 Å². The third-order valence-electron chi connectivity index (χ3n) is 10.1. The molecule has 3 aliphatic rings. The van der Waals surface area contributed by atoms with Gasteiger partial charge < -0.3 is 25.0 Å². The number of aryl methyl sites for hydroxylation is 1. The Morgan fingerprint density at radius 3 is 2.18 bits per heavy atom. The lowest BCUT2D eigenvalue weighted by molar-refractivity contribution is -0.130. The van der Waals surface area contributed by atoms with Crippen LogP contribution in [0.25, 0.3) is 33.6 Å². The summed E-state index contributed by atoms with van der Waals surface area (Å²) in [6.45, 7) is 5.82. The maximum atomic E-state index is 11.9. The fraction of sp³-hybridized carbons (Fsp3) is 0.395. The Hall–Kier alpha value is -4.29. The van der Waals surface area contributed by atoms with E-state index in [1.54, 1.807) is 27.3 Å². The van der Waals surface area contributed by atoms with Crippen molar-refractivity contribution < 1.29 is 19.1 Å². The molecule has 2 fully saturated rings. The van der Waals surface area contributed by atoms with Gasteiger partial charge in [0.15, 0.2) is 0 Å². The van der Waals surface area contributed by atoms with Gasteiger partial charge in [0.25, 0.3) is 0 Å². The van der Waals surface area contributed by atoms with E-state index in [2.05, 4.69) is 26.6 Å². The van der Waals surface area contributed by atoms with Crippen LogP contribution in [0.5, 0.6) is 11.8 Å². The highest BCUT2D eigenvalue weighted by Gasteiger charge is 2.35. The van der Waals surface area contributed by atoms with E-state index in [0.717, 1.165) is 73.4 Å². The second-order valence-corrected chi connectivity index (χ2v) is 13.9. The van der Waals surface area contributed by atoms with Crippen molar-refractivity contribution >= 4 is 35.0 Å². The zero-order valence-electron chi connectivity index (χ0n) is 29.0. The van der Waals surface area contributed by atoms with Gasteiger partial charge in [-0.15, -0.1) is 0 Å². The van der Waals surface area contributed by atoms with E-state index in [9.17, 15) is 9.59 Å². The molecule has 2 aromatic carbocycles. The molecule has 0 bridgehead atoms. The molecule has 11 nitrogen and oxygen atoms in total. The van der Waals surface area contributed by atoms with Crippen molar-refractivity contribution in [2.45, 2.75) is 51.2 Å². The number of nitrogens with zero attached hydrogens (tertiary/aromatic N) is 5. The Morgan fingerprint density at radius 2 is 1.55 bits per heavy atom. The second-order valence-electron chi connectivity index (χ2n) is 13.2. The molecule has 266 valence electrons. The van der Waals surface area contributed by atoms with Crippen LogP contribution in [0, 0.1) is 0 Å². The second kappa shape index (κ2) is 15.1. The van der Waals surface area contributed by atoms with Crippen molar-refractivity contribution in [1.29, 1.82) is 0 Å². The van der Waals surface area contributed by atoms with Gasteiger partial charge in [-0.2, -0.15) is 0 Å². The number of rotatable bonds is 10. The van der Waals surface area contributed by atoms with Crippen LogP contribution in [0.2, 0.25) is 10.0 Å². The molecule has 4 aromatic rings. The normalized spacial score (nSPS) is 18.8. The lowest BCUT2D eigenvalue weighted by Gasteiger charge is -2.38. The molecule has 2 unspecified atom stereocenters. The first kappa shape index (κ1) is 35.1. The van der Waals surface area contributed by atoms with Gasteiger partial charge in [-0.05, 0) is 30.9 Å². The summed E-state index contributed by atoms with van der Waals surface area (Å²) in [6, 6.07) is 14.1. The van der Waals surface area contributed by atoms with Gasteiger partial charge in [-0.1, -0.05) is 59.6 Å². The standard InChI is InChI=1S/C38H41Cl2N7O4/c1-22(48)46-14-16-47(17-15-46)32-12-10-23-18-29(44-38(51-3)34(23)32)27-8-4-6-25(35(27)39)26-7-5-9-28(36(26)40)30-21-42-31(37(45-30)50-2)20-41-19-24-11-13-33(49)43-24/h4-9,18,21,24,32,41H,10-17,19-20H2,1-3H3,(H,43,49). The average molecular weight is 731 g/mol. The number of ether oxygens (including phenoxy) is 2. The molecule has 4 heterocycles. The van der Waals surface area contributed by atoms with Gasteiger partial charge in [0, 0.05) is 92.5 Å².